The van der Waals surface area contributed by atoms with Crippen LogP contribution in [0.1, 0.15) is 62.7 Å². The molecule has 1 heterocycles. The molecule has 1 aliphatic rings. The number of nitrogens with one attached hydrogen (secondary N) is 2. The monoisotopic (exact) mass is 461 g/mol. The number of phenolic OH excluding ortho intramolecular Hbond substituents is 2. The number of benzene rings is 3. The van der Waals surface area contributed by atoms with Crippen LogP contribution in [0.25, 0.3) is 0 Å². The molecule has 8 nitrogen and oxygen atoms in total. The zero-order valence-electron chi connectivity index (χ0n) is 19.0. The van der Waals surface area contributed by atoms with Gasteiger partial charge < -0.3 is 20.4 Å². The molecule has 0 fully saturated rings. The van der Waals surface area contributed by atoms with Gasteiger partial charge in [-0.1, -0.05) is 32.0 Å². The number of carbonyl (C=O) groups excluding carboxylic acids is 2. The Bertz CT molecular complexity index is 1240. The summed E-state index contributed by atoms with van der Waals surface area (Å²) >= 11 is 0. The molecule has 0 unspecified atom stereocenters. The van der Waals surface area contributed by atoms with Gasteiger partial charge in [-0.05, 0) is 58.5 Å². The summed E-state index contributed by atoms with van der Waals surface area (Å²) in [5.41, 5.74) is 6.72. The standard InChI is InChI=1S/C26H27N3O5/c1-15(2)21-10-22(24(31)11-23(21)30)26(33)29-13-18-7-8-20(9-19(18)14-29)27-12-16-3-5-17(6-4-16)25(32)28-34/h3-11,15,27,30-31,34H,12-14H2,1-2H3,(H,28,32). The van der Waals surface area contributed by atoms with Crippen molar-refractivity contribution in [3.8, 4) is 11.5 Å². The zero-order chi connectivity index (χ0) is 24.4. The van der Waals surface area contributed by atoms with Gasteiger partial charge in [0.1, 0.15) is 11.5 Å². The predicted octanol–water partition coefficient (Wildman–Crippen LogP) is 4.11. The molecule has 0 bridgehead atoms. The molecule has 0 aliphatic carbocycles. The molecule has 176 valence electrons. The molecule has 3 aromatic carbocycles. The average Bonchev–Trinajstić information content (AvgIpc) is 3.25. The van der Waals surface area contributed by atoms with E-state index in [-0.39, 0.29) is 28.9 Å². The number of rotatable bonds is 6. The average molecular weight is 462 g/mol. The van der Waals surface area contributed by atoms with E-state index >= 15 is 0 Å². The van der Waals surface area contributed by atoms with Crippen molar-refractivity contribution in [3.63, 3.8) is 0 Å². The van der Waals surface area contributed by atoms with Crippen LogP contribution in [0.15, 0.2) is 54.6 Å². The summed E-state index contributed by atoms with van der Waals surface area (Å²) < 4.78 is 0. The van der Waals surface area contributed by atoms with Crippen LogP contribution in [0.4, 0.5) is 5.69 Å². The number of carbonyl (C=O) groups is 2. The Morgan fingerprint density at radius 2 is 1.65 bits per heavy atom. The van der Waals surface area contributed by atoms with Crippen LogP contribution in [0.3, 0.4) is 0 Å². The molecule has 8 heteroatoms. The number of phenols is 2. The van der Waals surface area contributed by atoms with E-state index in [4.69, 9.17) is 5.21 Å². The Hall–Kier alpha value is -4.04. The second-order valence-electron chi connectivity index (χ2n) is 8.72. The summed E-state index contributed by atoms with van der Waals surface area (Å²) in [6, 6.07) is 15.6. The molecule has 0 atom stereocenters. The van der Waals surface area contributed by atoms with Crippen LogP contribution in [-0.4, -0.2) is 32.1 Å². The maximum Gasteiger partial charge on any atom is 0.274 e. The third kappa shape index (κ3) is 4.67. The quantitative estimate of drug-likeness (QED) is 0.278. The SMILES string of the molecule is CC(C)c1cc(C(=O)N2Cc3ccc(NCc4ccc(C(=O)NO)cc4)cc3C2)c(O)cc1O. The van der Waals surface area contributed by atoms with Crippen molar-refractivity contribution >= 4 is 17.5 Å². The van der Waals surface area contributed by atoms with E-state index < -0.39 is 5.91 Å². The maximum atomic E-state index is 13.1. The Labute approximate surface area is 197 Å². The molecule has 0 aromatic heterocycles. The minimum Gasteiger partial charge on any atom is -0.508 e. The number of hydroxylamine groups is 1. The van der Waals surface area contributed by atoms with Crippen molar-refractivity contribution in [3.05, 3.63) is 88.0 Å². The van der Waals surface area contributed by atoms with Crippen LogP contribution < -0.4 is 10.8 Å². The van der Waals surface area contributed by atoms with Gasteiger partial charge in [-0.3, -0.25) is 14.8 Å². The highest BCUT2D eigenvalue weighted by Gasteiger charge is 2.27. The Morgan fingerprint density at radius 3 is 2.32 bits per heavy atom. The van der Waals surface area contributed by atoms with Gasteiger partial charge in [-0.2, -0.15) is 0 Å². The minimum absolute atomic E-state index is 0.0135. The number of nitrogens with zero attached hydrogens (tertiary/aromatic N) is 1. The Balaban J connectivity index is 1.44. The molecular formula is C26H27N3O5. The first-order valence-electron chi connectivity index (χ1n) is 11.0. The third-order valence-electron chi connectivity index (χ3n) is 6.03. The molecule has 3 aromatic rings. The summed E-state index contributed by atoms with van der Waals surface area (Å²) in [6.07, 6.45) is 0. The van der Waals surface area contributed by atoms with Crippen molar-refractivity contribution in [1.29, 1.82) is 0 Å². The van der Waals surface area contributed by atoms with E-state index in [2.05, 4.69) is 5.32 Å². The zero-order valence-corrected chi connectivity index (χ0v) is 19.0. The molecule has 1 aliphatic heterocycles. The van der Waals surface area contributed by atoms with Crippen molar-refractivity contribution in [2.45, 2.75) is 39.4 Å². The number of hydrogen-bond donors (Lipinski definition) is 5. The number of hydrogen-bond acceptors (Lipinski definition) is 6. The highest BCUT2D eigenvalue weighted by atomic mass is 16.5. The van der Waals surface area contributed by atoms with Crippen LogP contribution in [0, 0.1) is 0 Å². The molecule has 0 saturated carbocycles. The van der Waals surface area contributed by atoms with Crippen LogP contribution in [0.5, 0.6) is 11.5 Å². The van der Waals surface area contributed by atoms with Crippen LogP contribution in [-0.2, 0) is 19.6 Å². The van der Waals surface area contributed by atoms with Gasteiger partial charge in [-0.25, -0.2) is 5.48 Å². The minimum atomic E-state index is -0.557. The summed E-state index contributed by atoms with van der Waals surface area (Å²) in [5, 5.41) is 32.4. The molecule has 0 radical (unpaired) electrons. The normalized spacial score (nSPS) is 12.5. The molecule has 2 amide bonds. The van der Waals surface area contributed by atoms with Gasteiger partial charge in [0.2, 0.25) is 0 Å². The largest absolute Gasteiger partial charge is 0.508 e. The molecule has 5 N–H and O–H groups in total. The second kappa shape index (κ2) is 9.44. The van der Waals surface area contributed by atoms with E-state index in [1.807, 2.05) is 32.0 Å². The smallest absolute Gasteiger partial charge is 0.274 e. The van der Waals surface area contributed by atoms with E-state index in [9.17, 15) is 19.8 Å². The lowest BCUT2D eigenvalue weighted by Gasteiger charge is -2.18. The van der Waals surface area contributed by atoms with Gasteiger partial charge >= 0.3 is 0 Å². The lowest BCUT2D eigenvalue weighted by atomic mass is 9.98. The van der Waals surface area contributed by atoms with Crippen molar-refractivity contribution in [2.75, 3.05) is 5.32 Å². The molecule has 34 heavy (non-hydrogen) atoms. The predicted molar refractivity (Wildman–Crippen MR) is 127 cm³/mol. The van der Waals surface area contributed by atoms with Gasteiger partial charge in [0.25, 0.3) is 11.8 Å². The lowest BCUT2D eigenvalue weighted by Crippen LogP contribution is -2.25. The first kappa shape index (κ1) is 23.1. The third-order valence-corrected chi connectivity index (χ3v) is 6.03. The Kier molecular flexibility index (Phi) is 6.43. The fourth-order valence-corrected chi connectivity index (χ4v) is 4.09. The van der Waals surface area contributed by atoms with Crippen molar-refractivity contribution in [1.82, 2.24) is 10.4 Å². The fraction of sp³-hybridized carbons (Fsp3) is 0.231. The second-order valence-corrected chi connectivity index (χ2v) is 8.72. The van der Waals surface area contributed by atoms with Gasteiger partial charge in [0, 0.05) is 37.0 Å². The molecule has 4 rings (SSSR count). The molecule has 0 saturated heterocycles. The highest BCUT2D eigenvalue weighted by Crippen LogP contribution is 2.34. The van der Waals surface area contributed by atoms with Gasteiger partial charge in [-0.15, -0.1) is 0 Å². The van der Waals surface area contributed by atoms with Crippen LogP contribution >= 0.6 is 0 Å². The van der Waals surface area contributed by atoms with E-state index in [0.29, 0.717) is 30.8 Å². The number of amides is 2. The first-order chi connectivity index (χ1) is 16.3. The molecule has 0 spiro atoms. The van der Waals surface area contributed by atoms with E-state index in [0.717, 1.165) is 22.4 Å². The van der Waals surface area contributed by atoms with Gasteiger partial charge in [0.15, 0.2) is 0 Å². The summed E-state index contributed by atoms with van der Waals surface area (Å²) in [6.45, 7) is 5.25. The van der Waals surface area contributed by atoms with Crippen LogP contribution in [0.2, 0.25) is 0 Å². The van der Waals surface area contributed by atoms with E-state index in [1.165, 1.54) is 6.07 Å². The topological polar surface area (TPSA) is 122 Å². The highest BCUT2D eigenvalue weighted by molar-refractivity contribution is 5.97. The number of fused-ring (bicyclic) bond motifs is 1. The van der Waals surface area contributed by atoms with Crippen molar-refractivity contribution in [2.24, 2.45) is 0 Å². The van der Waals surface area contributed by atoms with E-state index in [1.54, 1.807) is 40.7 Å². The van der Waals surface area contributed by atoms with Crippen molar-refractivity contribution < 1.29 is 25.0 Å². The lowest BCUT2D eigenvalue weighted by molar-refractivity contribution is 0.0705. The summed E-state index contributed by atoms with van der Waals surface area (Å²) in [4.78, 5) is 26.2. The van der Waals surface area contributed by atoms with Gasteiger partial charge in [0.05, 0.1) is 5.56 Å². The first-order valence-corrected chi connectivity index (χ1v) is 11.0. The molecular weight excluding hydrogens is 434 g/mol. The fourth-order valence-electron chi connectivity index (χ4n) is 4.09. The number of aromatic hydroxyl groups is 2. The number of anilines is 1. The summed E-state index contributed by atoms with van der Waals surface area (Å²) in [7, 11) is 0. The summed E-state index contributed by atoms with van der Waals surface area (Å²) in [5.74, 6) is -1.07. The maximum absolute atomic E-state index is 13.1. The Morgan fingerprint density at radius 1 is 0.941 bits per heavy atom.